The van der Waals surface area contributed by atoms with Gasteiger partial charge >= 0.3 is 0 Å². The molecule has 6 nitrogen and oxygen atoms in total. The van der Waals surface area contributed by atoms with Crippen molar-refractivity contribution in [2.24, 2.45) is 0 Å². The molecule has 0 aliphatic carbocycles. The van der Waals surface area contributed by atoms with Crippen molar-refractivity contribution in [1.82, 2.24) is 29.9 Å². The lowest BCUT2D eigenvalue weighted by Crippen LogP contribution is -1.94. The summed E-state index contributed by atoms with van der Waals surface area (Å²) in [7, 11) is 0. The number of fused-ring (bicyclic) bond motifs is 1. The van der Waals surface area contributed by atoms with E-state index in [1.165, 1.54) is 12.3 Å². The van der Waals surface area contributed by atoms with Gasteiger partial charge in [-0.3, -0.25) is 14.8 Å². The third-order valence-corrected chi connectivity index (χ3v) is 3.70. The third kappa shape index (κ3) is 2.26. The lowest BCUT2D eigenvalue weighted by molar-refractivity contribution is 0.621. The zero-order valence-electron chi connectivity index (χ0n) is 12.4. The smallest absolute Gasteiger partial charge is 0.155 e. The van der Waals surface area contributed by atoms with Crippen LogP contribution in [0.4, 0.5) is 4.39 Å². The Morgan fingerprint density at radius 2 is 2.04 bits per heavy atom. The van der Waals surface area contributed by atoms with Crippen LogP contribution in [0.2, 0.25) is 0 Å². The molecule has 1 N–H and O–H groups in total. The van der Waals surface area contributed by atoms with Crippen LogP contribution in [0.25, 0.3) is 33.5 Å². The number of nitrogens with zero attached hydrogens (tertiary/aromatic N) is 5. The van der Waals surface area contributed by atoms with Crippen LogP contribution in [0.1, 0.15) is 6.92 Å². The fourth-order valence-electron chi connectivity index (χ4n) is 2.57. The molecule has 0 saturated carbocycles. The van der Waals surface area contributed by atoms with Gasteiger partial charge < -0.3 is 0 Å². The van der Waals surface area contributed by atoms with Crippen LogP contribution in [0.5, 0.6) is 0 Å². The van der Waals surface area contributed by atoms with Crippen molar-refractivity contribution < 1.29 is 4.39 Å². The molecule has 0 aliphatic heterocycles. The van der Waals surface area contributed by atoms with Crippen LogP contribution in [0.3, 0.4) is 0 Å². The maximum Gasteiger partial charge on any atom is 0.155 e. The second kappa shape index (κ2) is 5.28. The molecule has 4 aromatic rings. The molecule has 4 aromatic heterocycles. The lowest BCUT2D eigenvalue weighted by atomic mass is 10.0. The van der Waals surface area contributed by atoms with Crippen molar-refractivity contribution in [1.29, 1.82) is 0 Å². The Morgan fingerprint density at radius 3 is 2.83 bits per heavy atom. The third-order valence-electron chi connectivity index (χ3n) is 3.70. The zero-order chi connectivity index (χ0) is 15.8. The van der Waals surface area contributed by atoms with Gasteiger partial charge in [0.2, 0.25) is 0 Å². The molecule has 0 aliphatic rings. The van der Waals surface area contributed by atoms with Crippen molar-refractivity contribution in [3.8, 4) is 22.5 Å². The van der Waals surface area contributed by atoms with Gasteiger partial charge in [-0.25, -0.2) is 9.37 Å². The standard InChI is InChI=1S/C16H13FN6/c1-2-23-9-13(11-5-6-18-16-12(11)8-20-21-16)15(22-23)14-4-3-10(17)7-19-14/h3-9H,2H2,1H3,(H,18,20,21). The number of rotatable bonds is 3. The monoisotopic (exact) mass is 308 g/mol. The number of halogens is 1. The van der Waals surface area contributed by atoms with E-state index in [0.717, 1.165) is 23.1 Å². The Balaban J connectivity index is 1.96. The Hall–Kier alpha value is -3.09. The van der Waals surface area contributed by atoms with Gasteiger partial charge in [-0.05, 0) is 30.7 Å². The lowest BCUT2D eigenvalue weighted by Gasteiger charge is -2.03. The van der Waals surface area contributed by atoms with E-state index in [1.54, 1.807) is 18.5 Å². The predicted molar refractivity (Wildman–Crippen MR) is 84.0 cm³/mol. The van der Waals surface area contributed by atoms with E-state index in [0.29, 0.717) is 17.0 Å². The summed E-state index contributed by atoms with van der Waals surface area (Å²) in [4.78, 5) is 8.42. The molecule has 0 amide bonds. The van der Waals surface area contributed by atoms with Crippen LogP contribution >= 0.6 is 0 Å². The molecule has 114 valence electrons. The van der Waals surface area contributed by atoms with Crippen molar-refractivity contribution in [2.45, 2.75) is 13.5 Å². The summed E-state index contributed by atoms with van der Waals surface area (Å²) in [6, 6.07) is 4.94. The first-order chi connectivity index (χ1) is 11.3. The minimum absolute atomic E-state index is 0.369. The van der Waals surface area contributed by atoms with Gasteiger partial charge in [0.15, 0.2) is 5.65 Å². The molecule has 0 atom stereocenters. The van der Waals surface area contributed by atoms with Crippen LogP contribution in [0, 0.1) is 5.82 Å². The van der Waals surface area contributed by atoms with Gasteiger partial charge in [0.25, 0.3) is 0 Å². The highest BCUT2D eigenvalue weighted by atomic mass is 19.1. The average Bonchev–Trinajstić information content (AvgIpc) is 3.22. The molecular weight excluding hydrogens is 295 g/mol. The highest BCUT2D eigenvalue weighted by Gasteiger charge is 2.17. The van der Waals surface area contributed by atoms with Crippen molar-refractivity contribution >= 4 is 11.0 Å². The molecule has 4 rings (SSSR count). The van der Waals surface area contributed by atoms with E-state index in [2.05, 4.69) is 25.3 Å². The van der Waals surface area contributed by atoms with Crippen LogP contribution < -0.4 is 0 Å². The van der Waals surface area contributed by atoms with Crippen LogP contribution in [-0.2, 0) is 6.54 Å². The molecule has 0 bridgehead atoms. The Labute approximate surface area is 131 Å². The highest BCUT2D eigenvalue weighted by molar-refractivity contribution is 5.95. The Morgan fingerprint density at radius 1 is 1.13 bits per heavy atom. The maximum atomic E-state index is 13.2. The van der Waals surface area contributed by atoms with Crippen molar-refractivity contribution in [2.75, 3.05) is 0 Å². The minimum atomic E-state index is -0.369. The Kier molecular flexibility index (Phi) is 3.11. The number of hydrogen-bond donors (Lipinski definition) is 1. The van der Waals surface area contributed by atoms with Crippen LogP contribution in [-0.4, -0.2) is 29.9 Å². The van der Waals surface area contributed by atoms with E-state index >= 15 is 0 Å². The molecule has 0 spiro atoms. The van der Waals surface area contributed by atoms with Gasteiger partial charge in [-0.2, -0.15) is 10.2 Å². The number of aryl methyl sites for hydroxylation is 1. The van der Waals surface area contributed by atoms with E-state index in [1.807, 2.05) is 23.9 Å². The topological polar surface area (TPSA) is 72.3 Å². The van der Waals surface area contributed by atoms with Crippen molar-refractivity contribution in [3.05, 3.63) is 48.8 Å². The molecule has 0 aromatic carbocycles. The summed E-state index contributed by atoms with van der Waals surface area (Å²) in [5, 5.41) is 12.4. The van der Waals surface area contributed by atoms with E-state index in [9.17, 15) is 4.39 Å². The Bertz CT molecular complexity index is 970. The predicted octanol–water partition coefficient (Wildman–Crippen LogP) is 3.04. The average molecular weight is 308 g/mol. The van der Waals surface area contributed by atoms with E-state index in [-0.39, 0.29) is 5.82 Å². The molecule has 0 fully saturated rings. The van der Waals surface area contributed by atoms with E-state index in [4.69, 9.17) is 0 Å². The molecule has 23 heavy (non-hydrogen) atoms. The molecular formula is C16H13FN6. The SMILES string of the molecule is CCn1cc(-c2ccnc3[nH]ncc23)c(-c2ccc(F)cn2)n1. The largest absolute Gasteiger partial charge is 0.272 e. The molecule has 0 saturated heterocycles. The van der Waals surface area contributed by atoms with Gasteiger partial charge in [-0.1, -0.05) is 0 Å². The highest BCUT2D eigenvalue weighted by Crippen LogP contribution is 2.33. The van der Waals surface area contributed by atoms with Crippen LogP contribution in [0.15, 0.2) is 43.0 Å². The number of aromatic nitrogens is 6. The summed E-state index contributed by atoms with van der Waals surface area (Å²) in [5.41, 5.74) is 3.93. The first-order valence-electron chi connectivity index (χ1n) is 7.24. The van der Waals surface area contributed by atoms with Gasteiger partial charge in [-0.15, -0.1) is 0 Å². The van der Waals surface area contributed by atoms with Gasteiger partial charge in [0.05, 0.1) is 18.1 Å². The first kappa shape index (κ1) is 13.6. The summed E-state index contributed by atoms with van der Waals surface area (Å²) >= 11 is 0. The normalized spacial score (nSPS) is 11.2. The second-order valence-electron chi connectivity index (χ2n) is 5.10. The number of hydrogen-bond acceptors (Lipinski definition) is 4. The summed E-state index contributed by atoms with van der Waals surface area (Å²) in [5.74, 6) is -0.369. The minimum Gasteiger partial charge on any atom is -0.272 e. The molecule has 0 radical (unpaired) electrons. The number of H-pyrrole nitrogens is 1. The van der Waals surface area contributed by atoms with E-state index < -0.39 is 0 Å². The van der Waals surface area contributed by atoms with Crippen molar-refractivity contribution in [3.63, 3.8) is 0 Å². The quantitative estimate of drug-likeness (QED) is 0.631. The summed E-state index contributed by atoms with van der Waals surface area (Å²) < 4.78 is 15.0. The second-order valence-corrected chi connectivity index (χ2v) is 5.10. The molecule has 0 unspecified atom stereocenters. The zero-order valence-corrected chi connectivity index (χ0v) is 12.4. The molecule has 4 heterocycles. The summed E-state index contributed by atoms with van der Waals surface area (Å²) in [6.45, 7) is 2.74. The fraction of sp³-hybridized carbons (Fsp3) is 0.125. The number of nitrogens with one attached hydrogen (secondary N) is 1. The first-order valence-corrected chi connectivity index (χ1v) is 7.24. The maximum absolute atomic E-state index is 13.2. The molecule has 7 heteroatoms. The number of aromatic amines is 1. The van der Waals surface area contributed by atoms with Gasteiger partial charge in [0.1, 0.15) is 11.5 Å². The summed E-state index contributed by atoms with van der Waals surface area (Å²) in [6.07, 6.45) is 6.62. The number of pyridine rings is 2. The van der Waals surface area contributed by atoms with Gasteiger partial charge in [0, 0.05) is 29.9 Å². The fourth-order valence-corrected chi connectivity index (χ4v) is 2.57.